The van der Waals surface area contributed by atoms with Crippen molar-refractivity contribution in [2.75, 3.05) is 26.7 Å². The molecule has 1 aromatic rings. The highest BCUT2D eigenvalue weighted by atomic mass is 35.5. The van der Waals surface area contributed by atoms with Crippen molar-refractivity contribution in [3.8, 4) is 5.75 Å². The fourth-order valence-electron chi connectivity index (χ4n) is 2.78. The molecule has 1 fully saturated rings. The summed E-state index contributed by atoms with van der Waals surface area (Å²) >= 11 is 11.8. The van der Waals surface area contributed by atoms with Gasteiger partial charge in [-0.2, -0.15) is 0 Å². The molecular formula is C16H23Cl3N2O2. The van der Waals surface area contributed by atoms with Gasteiger partial charge in [0.1, 0.15) is 5.75 Å². The van der Waals surface area contributed by atoms with Crippen LogP contribution in [0.4, 0.5) is 0 Å². The minimum atomic E-state index is -0.537. The summed E-state index contributed by atoms with van der Waals surface area (Å²) in [6.45, 7) is 4.29. The van der Waals surface area contributed by atoms with Crippen LogP contribution >= 0.6 is 35.6 Å². The van der Waals surface area contributed by atoms with Crippen molar-refractivity contribution < 1.29 is 9.53 Å². The maximum atomic E-state index is 12.5. The van der Waals surface area contributed by atoms with Crippen molar-refractivity contribution in [3.05, 3.63) is 28.2 Å². The highest BCUT2D eigenvalue weighted by Crippen LogP contribution is 2.27. The lowest BCUT2D eigenvalue weighted by Crippen LogP contribution is -2.47. The minimum absolute atomic E-state index is 0. The molecule has 1 heterocycles. The quantitative estimate of drug-likeness (QED) is 0.846. The number of nitrogens with one attached hydrogen (secondary N) is 1. The van der Waals surface area contributed by atoms with Crippen LogP contribution in [0.15, 0.2) is 18.2 Å². The second kappa shape index (κ2) is 9.58. The lowest BCUT2D eigenvalue weighted by Gasteiger charge is -2.34. The average Bonchev–Trinajstić information content (AvgIpc) is 2.51. The van der Waals surface area contributed by atoms with E-state index in [2.05, 4.69) is 5.32 Å². The number of carbonyl (C=O) groups excluding carboxylic acids is 1. The van der Waals surface area contributed by atoms with Gasteiger partial charge in [0.15, 0.2) is 6.10 Å². The number of hydrogen-bond acceptors (Lipinski definition) is 3. The molecule has 1 aliphatic rings. The van der Waals surface area contributed by atoms with Crippen molar-refractivity contribution in [2.45, 2.75) is 25.9 Å². The van der Waals surface area contributed by atoms with Crippen LogP contribution in [-0.4, -0.2) is 43.6 Å². The number of likely N-dealkylation sites (tertiary alicyclic amines) is 1. The Bertz CT molecular complexity index is 526. The molecule has 0 aliphatic carbocycles. The van der Waals surface area contributed by atoms with E-state index in [0.29, 0.717) is 21.7 Å². The number of piperidine rings is 1. The molecule has 0 bridgehead atoms. The maximum Gasteiger partial charge on any atom is 0.263 e. The molecule has 2 atom stereocenters. The van der Waals surface area contributed by atoms with Gasteiger partial charge in [-0.15, -0.1) is 12.4 Å². The van der Waals surface area contributed by atoms with E-state index in [4.69, 9.17) is 27.9 Å². The van der Waals surface area contributed by atoms with E-state index in [1.54, 1.807) is 25.1 Å². The van der Waals surface area contributed by atoms with Crippen LogP contribution in [0.5, 0.6) is 5.75 Å². The number of rotatable bonds is 5. The standard InChI is InChI=1S/C16H22Cl2N2O2.ClH/c1-11(22-13-5-6-14(17)15(18)8-13)16(21)20-7-3-4-12(10-20)9-19-2;/h5-6,8,11-12,19H,3-4,7,9-10H2,1-2H3;1H. The largest absolute Gasteiger partial charge is 0.481 e. The minimum Gasteiger partial charge on any atom is -0.481 e. The van der Waals surface area contributed by atoms with Gasteiger partial charge in [0, 0.05) is 19.2 Å². The second-order valence-electron chi connectivity index (χ2n) is 5.69. The van der Waals surface area contributed by atoms with E-state index in [9.17, 15) is 4.79 Å². The Morgan fingerprint density at radius 3 is 2.83 bits per heavy atom. The topological polar surface area (TPSA) is 41.6 Å². The van der Waals surface area contributed by atoms with Crippen LogP contribution in [-0.2, 0) is 4.79 Å². The summed E-state index contributed by atoms with van der Waals surface area (Å²) in [4.78, 5) is 14.4. The summed E-state index contributed by atoms with van der Waals surface area (Å²) in [6, 6.07) is 5.02. The van der Waals surface area contributed by atoms with Crippen LogP contribution in [0.3, 0.4) is 0 Å². The number of hydrogen-bond donors (Lipinski definition) is 1. The van der Waals surface area contributed by atoms with E-state index >= 15 is 0 Å². The van der Waals surface area contributed by atoms with Crippen molar-refractivity contribution in [1.29, 1.82) is 0 Å². The summed E-state index contributed by atoms with van der Waals surface area (Å²) in [5, 5.41) is 4.07. The van der Waals surface area contributed by atoms with Gasteiger partial charge in [-0.25, -0.2) is 0 Å². The molecule has 0 saturated carbocycles. The molecule has 0 aromatic heterocycles. The molecule has 1 aromatic carbocycles. The van der Waals surface area contributed by atoms with Crippen molar-refractivity contribution in [1.82, 2.24) is 10.2 Å². The molecule has 1 N–H and O–H groups in total. The molecule has 23 heavy (non-hydrogen) atoms. The molecule has 130 valence electrons. The number of carbonyl (C=O) groups is 1. The number of ether oxygens (including phenoxy) is 1. The van der Waals surface area contributed by atoms with Crippen molar-refractivity contribution in [2.24, 2.45) is 5.92 Å². The van der Waals surface area contributed by atoms with Crippen LogP contribution < -0.4 is 10.1 Å². The normalized spacial score (nSPS) is 19.0. The monoisotopic (exact) mass is 380 g/mol. The molecule has 2 unspecified atom stereocenters. The summed E-state index contributed by atoms with van der Waals surface area (Å²) in [7, 11) is 1.94. The predicted octanol–water partition coefficient (Wildman–Crippen LogP) is 3.64. The second-order valence-corrected chi connectivity index (χ2v) is 6.50. The number of halogens is 3. The first-order chi connectivity index (χ1) is 10.5. The van der Waals surface area contributed by atoms with Gasteiger partial charge in [-0.1, -0.05) is 23.2 Å². The van der Waals surface area contributed by atoms with E-state index < -0.39 is 6.10 Å². The number of amides is 1. The van der Waals surface area contributed by atoms with Gasteiger partial charge in [0.05, 0.1) is 10.0 Å². The van der Waals surface area contributed by atoms with E-state index in [-0.39, 0.29) is 18.3 Å². The maximum absolute atomic E-state index is 12.5. The van der Waals surface area contributed by atoms with Crippen LogP contribution in [0.2, 0.25) is 10.0 Å². The molecule has 7 heteroatoms. The Labute approximate surface area is 153 Å². The molecule has 4 nitrogen and oxygen atoms in total. The molecule has 1 aliphatic heterocycles. The Kier molecular flexibility index (Phi) is 8.48. The molecule has 0 spiro atoms. The molecule has 1 saturated heterocycles. The third-order valence-corrected chi connectivity index (χ3v) is 4.61. The third kappa shape index (κ3) is 5.71. The van der Waals surface area contributed by atoms with Crippen molar-refractivity contribution in [3.63, 3.8) is 0 Å². The van der Waals surface area contributed by atoms with Gasteiger partial charge in [0.25, 0.3) is 5.91 Å². The summed E-state index contributed by atoms with van der Waals surface area (Å²) < 4.78 is 5.71. The fraction of sp³-hybridized carbons (Fsp3) is 0.562. The lowest BCUT2D eigenvalue weighted by molar-refractivity contribution is -0.139. The Hall–Kier alpha value is -0.680. The first-order valence-electron chi connectivity index (χ1n) is 7.56. The van der Waals surface area contributed by atoms with Gasteiger partial charge in [-0.3, -0.25) is 4.79 Å². The first kappa shape index (κ1) is 20.4. The van der Waals surface area contributed by atoms with E-state index in [1.165, 1.54) is 0 Å². The van der Waals surface area contributed by atoms with Crippen LogP contribution in [0, 0.1) is 5.92 Å². The SMILES string of the molecule is CNCC1CCCN(C(=O)C(C)Oc2ccc(Cl)c(Cl)c2)C1.Cl. The number of nitrogens with zero attached hydrogens (tertiary/aromatic N) is 1. The molecular weight excluding hydrogens is 359 g/mol. The van der Waals surface area contributed by atoms with Crippen LogP contribution in [0.1, 0.15) is 19.8 Å². The van der Waals surface area contributed by atoms with Crippen LogP contribution in [0.25, 0.3) is 0 Å². The number of benzene rings is 1. The Morgan fingerprint density at radius 1 is 1.43 bits per heavy atom. The summed E-state index contributed by atoms with van der Waals surface area (Å²) in [5.41, 5.74) is 0. The van der Waals surface area contributed by atoms with E-state index in [1.807, 2.05) is 11.9 Å². The summed E-state index contributed by atoms with van der Waals surface area (Å²) in [5.74, 6) is 1.09. The average molecular weight is 382 g/mol. The van der Waals surface area contributed by atoms with Gasteiger partial charge in [0.2, 0.25) is 0 Å². The highest BCUT2D eigenvalue weighted by Gasteiger charge is 2.27. The zero-order valence-electron chi connectivity index (χ0n) is 13.4. The zero-order chi connectivity index (χ0) is 16.1. The first-order valence-corrected chi connectivity index (χ1v) is 8.32. The van der Waals surface area contributed by atoms with Gasteiger partial charge >= 0.3 is 0 Å². The van der Waals surface area contributed by atoms with E-state index in [0.717, 1.165) is 32.5 Å². The summed E-state index contributed by atoms with van der Waals surface area (Å²) in [6.07, 6.45) is 1.66. The van der Waals surface area contributed by atoms with Gasteiger partial charge < -0.3 is 15.0 Å². The molecule has 2 rings (SSSR count). The zero-order valence-corrected chi connectivity index (χ0v) is 15.7. The molecule has 1 amide bonds. The fourth-order valence-corrected chi connectivity index (χ4v) is 3.07. The highest BCUT2D eigenvalue weighted by molar-refractivity contribution is 6.42. The Morgan fingerprint density at radius 2 is 2.17 bits per heavy atom. The van der Waals surface area contributed by atoms with Crippen molar-refractivity contribution >= 4 is 41.5 Å². The third-order valence-electron chi connectivity index (χ3n) is 3.88. The Balaban J connectivity index is 0.00000264. The predicted molar refractivity (Wildman–Crippen MR) is 97.0 cm³/mol. The molecule has 0 radical (unpaired) electrons. The lowest BCUT2D eigenvalue weighted by atomic mass is 9.97. The van der Waals surface area contributed by atoms with Gasteiger partial charge in [-0.05, 0) is 51.4 Å². The smallest absolute Gasteiger partial charge is 0.263 e.